The number of nitrogens with one attached hydrogen (secondary N) is 1. The topological polar surface area (TPSA) is 56.3 Å². The van der Waals surface area contributed by atoms with Crippen molar-refractivity contribution >= 4 is 5.82 Å². The van der Waals surface area contributed by atoms with E-state index in [4.69, 9.17) is 9.47 Å². The fraction of sp³-hybridized carbons (Fsp3) is 0.600. The standard InChI is InChI=1S/C10H17N3O2/c1-7(5-14-4)15-10-8(2)9(11-3)12-6-13-10/h6-7H,5H2,1-4H3,(H,11,12,13). The molecule has 5 heteroatoms. The van der Waals surface area contributed by atoms with E-state index in [0.717, 1.165) is 11.4 Å². The number of methoxy groups -OCH3 is 1. The van der Waals surface area contributed by atoms with Crippen molar-refractivity contribution in [3.05, 3.63) is 11.9 Å². The zero-order valence-corrected chi connectivity index (χ0v) is 9.57. The lowest BCUT2D eigenvalue weighted by Crippen LogP contribution is -2.19. The summed E-state index contributed by atoms with van der Waals surface area (Å²) in [6, 6.07) is 0. The molecule has 0 aliphatic carbocycles. The molecule has 0 bridgehead atoms. The van der Waals surface area contributed by atoms with Gasteiger partial charge in [-0.25, -0.2) is 9.97 Å². The molecule has 1 heterocycles. The van der Waals surface area contributed by atoms with E-state index in [2.05, 4.69) is 15.3 Å². The van der Waals surface area contributed by atoms with Gasteiger partial charge in [0.15, 0.2) is 0 Å². The Hall–Kier alpha value is -1.36. The summed E-state index contributed by atoms with van der Waals surface area (Å²) < 4.78 is 10.6. The minimum absolute atomic E-state index is 0.0201. The number of ether oxygens (including phenoxy) is 2. The molecule has 15 heavy (non-hydrogen) atoms. The molecule has 1 aromatic heterocycles. The Labute approximate surface area is 89.8 Å². The van der Waals surface area contributed by atoms with Crippen LogP contribution in [0.15, 0.2) is 6.33 Å². The molecule has 0 saturated heterocycles. The number of hydrogen-bond acceptors (Lipinski definition) is 5. The smallest absolute Gasteiger partial charge is 0.221 e. The fourth-order valence-corrected chi connectivity index (χ4v) is 1.26. The highest BCUT2D eigenvalue weighted by molar-refractivity contribution is 5.46. The highest BCUT2D eigenvalue weighted by Crippen LogP contribution is 2.20. The summed E-state index contributed by atoms with van der Waals surface area (Å²) >= 11 is 0. The summed E-state index contributed by atoms with van der Waals surface area (Å²) in [6.07, 6.45) is 1.46. The van der Waals surface area contributed by atoms with Crippen LogP contribution in [0.1, 0.15) is 12.5 Å². The van der Waals surface area contributed by atoms with Crippen LogP contribution in [0.5, 0.6) is 5.88 Å². The largest absolute Gasteiger partial charge is 0.472 e. The number of anilines is 1. The zero-order chi connectivity index (χ0) is 11.3. The van der Waals surface area contributed by atoms with Crippen molar-refractivity contribution in [3.8, 4) is 5.88 Å². The Morgan fingerprint density at radius 1 is 1.47 bits per heavy atom. The summed E-state index contributed by atoms with van der Waals surface area (Å²) in [7, 11) is 3.46. The third-order valence-electron chi connectivity index (χ3n) is 1.99. The van der Waals surface area contributed by atoms with Gasteiger partial charge in [-0.1, -0.05) is 0 Å². The van der Waals surface area contributed by atoms with Gasteiger partial charge in [0.05, 0.1) is 12.2 Å². The Morgan fingerprint density at radius 3 is 2.80 bits per heavy atom. The number of hydrogen-bond donors (Lipinski definition) is 1. The van der Waals surface area contributed by atoms with Gasteiger partial charge in [-0.3, -0.25) is 0 Å². The third kappa shape index (κ3) is 3.06. The minimum atomic E-state index is -0.0201. The Morgan fingerprint density at radius 2 is 2.20 bits per heavy atom. The summed E-state index contributed by atoms with van der Waals surface area (Å²) in [4.78, 5) is 8.16. The predicted molar refractivity (Wildman–Crippen MR) is 58.3 cm³/mol. The second kappa shape index (κ2) is 5.50. The molecule has 5 nitrogen and oxygen atoms in total. The van der Waals surface area contributed by atoms with Crippen LogP contribution in [-0.4, -0.2) is 36.8 Å². The van der Waals surface area contributed by atoms with Crippen molar-refractivity contribution in [2.24, 2.45) is 0 Å². The maximum atomic E-state index is 5.61. The van der Waals surface area contributed by atoms with Crippen LogP contribution in [0.4, 0.5) is 5.82 Å². The molecule has 0 radical (unpaired) electrons. The lowest BCUT2D eigenvalue weighted by Gasteiger charge is -2.15. The van der Waals surface area contributed by atoms with E-state index in [9.17, 15) is 0 Å². The summed E-state index contributed by atoms with van der Waals surface area (Å²) in [6.45, 7) is 4.39. The SMILES string of the molecule is CNc1ncnc(OC(C)COC)c1C. The second-order valence-electron chi connectivity index (χ2n) is 3.29. The van der Waals surface area contributed by atoms with Gasteiger partial charge in [0.2, 0.25) is 5.88 Å². The van der Waals surface area contributed by atoms with Crippen LogP contribution < -0.4 is 10.1 Å². The molecule has 0 aliphatic heterocycles. The average molecular weight is 211 g/mol. The summed E-state index contributed by atoms with van der Waals surface area (Å²) in [5, 5.41) is 2.98. The first-order chi connectivity index (χ1) is 7.19. The van der Waals surface area contributed by atoms with Gasteiger partial charge in [-0.2, -0.15) is 0 Å². The summed E-state index contributed by atoms with van der Waals surface area (Å²) in [5.41, 5.74) is 0.906. The molecule has 0 amide bonds. The molecule has 0 spiro atoms. The van der Waals surface area contributed by atoms with Crippen LogP contribution in [0.3, 0.4) is 0 Å². The van der Waals surface area contributed by atoms with E-state index in [0.29, 0.717) is 12.5 Å². The minimum Gasteiger partial charge on any atom is -0.472 e. The van der Waals surface area contributed by atoms with Gasteiger partial charge >= 0.3 is 0 Å². The molecule has 1 atom stereocenters. The molecule has 0 fully saturated rings. The average Bonchev–Trinajstić information content (AvgIpc) is 2.21. The Bertz CT molecular complexity index is 318. The Kier molecular flexibility index (Phi) is 4.30. The van der Waals surface area contributed by atoms with Crippen LogP contribution in [0.2, 0.25) is 0 Å². The van der Waals surface area contributed by atoms with E-state index >= 15 is 0 Å². The molecule has 1 N–H and O–H groups in total. The van der Waals surface area contributed by atoms with Crippen LogP contribution in [0, 0.1) is 6.92 Å². The normalized spacial score (nSPS) is 12.3. The summed E-state index contributed by atoms with van der Waals surface area (Å²) in [5.74, 6) is 1.38. The van der Waals surface area contributed by atoms with Crippen molar-refractivity contribution < 1.29 is 9.47 Å². The molecule has 1 unspecified atom stereocenters. The molecule has 84 valence electrons. The van der Waals surface area contributed by atoms with Gasteiger partial charge in [-0.15, -0.1) is 0 Å². The van der Waals surface area contributed by atoms with Gasteiger partial charge < -0.3 is 14.8 Å². The molecule has 1 aromatic rings. The van der Waals surface area contributed by atoms with E-state index in [1.54, 1.807) is 7.11 Å². The van der Waals surface area contributed by atoms with Crippen molar-refractivity contribution in [2.75, 3.05) is 26.1 Å². The van der Waals surface area contributed by atoms with Crippen molar-refractivity contribution in [2.45, 2.75) is 20.0 Å². The molecule has 0 aromatic carbocycles. The lowest BCUT2D eigenvalue weighted by molar-refractivity contribution is 0.0884. The second-order valence-corrected chi connectivity index (χ2v) is 3.29. The van der Waals surface area contributed by atoms with E-state index < -0.39 is 0 Å². The quantitative estimate of drug-likeness (QED) is 0.794. The number of nitrogens with zero attached hydrogens (tertiary/aromatic N) is 2. The van der Waals surface area contributed by atoms with Crippen molar-refractivity contribution in [3.63, 3.8) is 0 Å². The lowest BCUT2D eigenvalue weighted by atomic mass is 10.3. The van der Waals surface area contributed by atoms with Gasteiger partial charge in [0.1, 0.15) is 18.2 Å². The van der Waals surface area contributed by atoms with Crippen molar-refractivity contribution in [1.82, 2.24) is 9.97 Å². The maximum Gasteiger partial charge on any atom is 0.221 e. The zero-order valence-electron chi connectivity index (χ0n) is 9.57. The van der Waals surface area contributed by atoms with Crippen molar-refractivity contribution in [1.29, 1.82) is 0 Å². The molecule has 1 rings (SSSR count). The molecule has 0 saturated carbocycles. The first-order valence-corrected chi connectivity index (χ1v) is 4.84. The number of aromatic nitrogens is 2. The maximum absolute atomic E-state index is 5.61. The van der Waals surface area contributed by atoms with Gasteiger partial charge in [0, 0.05) is 14.2 Å². The van der Waals surface area contributed by atoms with E-state index in [1.807, 2.05) is 20.9 Å². The first-order valence-electron chi connectivity index (χ1n) is 4.84. The van der Waals surface area contributed by atoms with E-state index in [1.165, 1.54) is 6.33 Å². The highest BCUT2D eigenvalue weighted by atomic mass is 16.5. The Balaban J connectivity index is 2.76. The molecular formula is C10H17N3O2. The predicted octanol–water partition coefficient (Wildman–Crippen LogP) is 1.24. The van der Waals surface area contributed by atoms with E-state index in [-0.39, 0.29) is 6.10 Å². The van der Waals surface area contributed by atoms with Crippen LogP contribution in [0.25, 0.3) is 0 Å². The molecule has 0 aliphatic rings. The first kappa shape index (κ1) is 11.7. The third-order valence-corrected chi connectivity index (χ3v) is 1.99. The number of rotatable bonds is 5. The molecular weight excluding hydrogens is 194 g/mol. The highest BCUT2D eigenvalue weighted by Gasteiger charge is 2.10. The van der Waals surface area contributed by atoms with Gasteiger partial charge in [-0.05, 0) is 13.8 Å². The van der Waals surface area contributed by atoms with Crippen LogP contribution >= 0.6 is 0 Å². The van der Waals surface area contributed by atoms with Gasteiger partial charge in [0.25, 0.3) is 0 Å². The monoisotopic (exact) mass is 211 g/mol. The van der Waals surface area contributed by atoms with Crippen LogP contribution in [-0.2, 0) is 4.74 Å². The fourth-order valence-electron chi connectivity index (χ4n) is 1.26.